The standard InChI is InChI=1S/C20H19NO7/c1-13(22)28-20(15-9-10-16(25-2)17(11-15)26-3)18(23)27-19(24)21(20)12-14-7-5-4-6-8-14/h4-11H,12H2,1-3H3. The van der Waals surface area contributed by atoms with Crippen molar-refractivity contribution in [1.29, 1.82) is 0 Å². The maximum Gasteiger partial charge on any atom is 0.421 e. The third kappa shape index (κ3) is 3.24. The van der Waals surface area contributed by atoms with E-state index in [0.717, 1.165) is 17.4 Å². The summed E-state index contributed by atoms with van der Waals surface area (Å²) in [7, 11) is 2.90. The molecular weight excluding hydrogens is 366 g/mol. The molecule has 146 valence electrons. The fourth-order valence-corrected chi connectivity index (χ4v) is 3.07. The minimum absolute atomic E-state index is 0.00691. The van der Waals surface area contributed by atoms with Crippen molar-refractivity contribution in [1.82, 2.24) is 4.90 Å². The normalized spacial score (nSPS) is 18.6. The molecule has 2 aromatic carbocycles. The summed E-state index contributed by atoms with van der Waals surface area (Å²) >= 11 is 0. The SMILES string of the molecule is COc1ccc(C2(OC(C)=O)C(=O)OC(=O)N2Cc2ccccc2)cc1OC. The summed E-state index contributed by atoms with van der Waals surface area (Å²) in [6, 6.07) is 13.5. The van der Waals surface area contributed by atoms with Gasteiger partial charge in [0.1, 0.15) is 0 Å². The van der Waals surface area contributed by atoms with E-state index >= 15 is 0 Å². The number of amides is 1. The van der Waals surface area contributed by atoms with Crippen molar-refractivity contribution in [3.8, 4) is 11.5 Å². The number of hydrogen-bond donors (Lipinski definition) is 0. The topological polar surface area (TPSA) is 91.4 Å². The Balaban J connectivity index is 2.16. The molecular formula is C20H19NO7. The molecule has 8 heteroatoms. The molecule has 28 heavy (non-hydrogen) atoms. The molecule has 1 fully saturated rings. The van der Waals surface area contributed by atoms with E-state index in [4.69, 9.17) is 18.9 Å². The van der Waals surface area contributed by atoms with Crippen LogP contribution in [0.3, 0.4) is 0 Å². The largest absolute Gasteiger partial charge is 0.493 e. The van der Waals surface area contributed by atoms with E-state index in [-0.39, 0.29) is 12.1 Å². The van der Waals surface area contributed by atoms with Crippen molar-refractivity contribution in [2.24, 2.45) is 0 Å². The van der Waals surface area contributed by atoms with Gasteiger partial charge in [0, 0.05) is 12.5 Å². The van der Waals surface area contributed by atoms with Crippen LogP contribution in [0.1, 0.15) is 18.1 Å². The molecule has 8 nitrogen and oxygen atoms in total. The molecule has 2 aromatic rings. The Hall–Kier alpha value is -3.55. The number of hydrogen-bond acceptors (Lipinski definition) is 7. The van der Waals surface area contributed by atoms with Gasteiger partial charge in [0.2, 0.25) is 0 Å². The third-order valence-electron chi connectivity index (χ3n) is 4.31. The molecule has 0 bridgehead atoms. The Morgan fingerprint density at radius 2 is 1.71 bits per heavy atom. The Kier molecular flexibility index (Phi) is 5.21. The first-order valence-electron chi connectivity index (χ1n) is 8.42. The highest BCUT2D eigenvalue weighted by molar-refractivity contribution is 5.99. The van der Waals surface area contributed by atoms with Gasteiger partial charge in [-0.05, 0) is 23.8 Å². The van der Waals surface area contributed by atoms with Crippen LogP contribution < -0.4 is 9.47 Å². The number of ether oxygens (including phenoxy) is 4. The minimum atomic E-state index is -2.07. The number of cyclic esters (lactones) is 2. The summed E-state index contributed by atoms with van der Waals surface area (Å²) in [6.45, 7) is 1.15. The van der Waals surface area contributed by atoms with Crippen LogP contribution in [0.5, 0.6) is 11.5 Å². The van der Waals surface area contributed by atoms with Crippen LogP contribution >= 0.6 is 0 Å². The summed E-state index contributed by atoms with van der Waals surface area (Å²) in [6.07, 6.45) is -0.912. The Morgan fingerprint density at radius 1 is 1.04 bits per heavy atom. The zero-order chi connectivity index (χ0) is 20.3. The summed E-state index contributed by atoms with van der Waals surface area (Å²) in [4.78, 5) is 38.2. The van der Waals surface area contributed by atoms with E-state index < -0.39 is 23.8 Å². The molecule has 0 radical (unpaired) electrons. The number of benzene rings is 2. The zero-order valence-electron chi connectivity index (χ0n) is 15.6. The van der Waals surface area contributed by atoms with E-state index in [1.54, 1.807) is 30.3 Å². The second-order valence-corrected chi connectivity index (χ2v) is 6.03. The number of nitrogens with zero attached hydrogens (tertiary/aromatic N) is 1. The molecule has 3 rings (SSSR count). The molecule has 1 aliphatic heterocycles. The highest BCUT2D eigenvalue weighted by atomic mass is 16.7. The lowest BCUT2D eigenvalue weighted by molar-refractivity contribution is -0.186. The van der Waals surface area contributed by atoms with Gasteiger partial charge in [-0.1, -0.05) is 30.3 Å². The van der Waals surface area contributed by atoms with Gasteiger partial charge in [-0.2, -0.15) is 0 Å². The molecule has 1 unspecified atom stereocenters. The van der Waals surface area contributed by atoms with Gasteiger partial charge in [-0.3, -0.25) is 9.69 Å². The van der Waals surface area contributed by atoms with Gasteiger partial charge >= 0.3 is 23.8 Å². The maximum absolute atomic E-state index is 12.8. The van der Waals surface area contributed by atoms with Crippen LogP contribution in [0.4, 0.5) is 4.79 Å². The lowest BCUT2D eigenvalue weighted by atomic mass is 10.00. The number of esters is 2. The molecule has 0 saturated carbocycles. The highest BCUT2D eigenvalue weighted by Gasteiger charge is 2.60. The van der Waals surface area contributed by atoms with Gasteiger partial charge in [0.05, 0.1) is 20.8 Å². The van der Waals surface area contributed by atoms with E-state index in [1.165, 1.54) is 26.4 Å². The first-order chi connectivity index (χ1) is 13.4. The quantitative estimate of drug-likeness (QED) is 0.557. The molecule has 1 saturated heterocycles. The average Bonchev–Trinajstić information content (AvgIpc) is 2.92. The third-order valence-corrected chi connectivity index (χ3v) is 4.31. The van der Waals surface area contributed by atoms with Crippen molar-refractivity contribution in [3.63, 3.8) is 0 Å². The van der Waals surface area contributed by atoms with E-state index in [2.05, 4.69) is 0 Å². The highest BCUT2D eigenvalue weighted by Crippen LogP contribution is 2.41. The fraction of sp³-hybridized carbons (Fsp3) is 0.250. The van der Waals surface area contributed by atoms with Crippen molar-refractivity contribution < 1.29 is 33.3 Å². The van der Waals surface area contributed by atoms with Crippen molar-refractivity contribution >= 4 is 18.0 Å². The number of carbonyl (C=O) groups is 3. The Labute approximate surface area is 161 Å². The lowest BCUT2D eigenvalue weighted by Crippen LogP contribution is -2.49. The van der Waals surface area contributed by atoms with Crippen molar-refractivity contribution in [2.45, 2.75) is 19.2 Å². The molecule has 0 aliphatic carbocycles. The maximum atomic E-state index is 12.8. The van der Waals surface area contributed by atoms with Crippen LogP contribution in [-0.2, 0) is 31.3 Å². The Bertz CT molecular complexity index is 912. The van der Waals surface area contributed by atoms with Crippen LogP contribution in [0.2, 0.25) is 0 Å². The molecule has 1 aliphatic rings. The predicted octanol–water partition coefficient (Wildman–Crippen LogP) is 2.60. The first kappa shape index (κ1) is 19.2. The zero-order valence-corrected chi connectivity index (χ0v) is 15.6. The number of carbonyl (C=O) groups excluding carboxylic acids is 3. The van der Waals surface area contributed by atoms with Crippen LogP contribution in [0, 0.1) is 0 Å². The van der Waals surface area contributed by atoms with Gasteiger partial charge in [-0.25, -0.2) is 9.59 Å². The van der Waals surface area contributed by atoms with E-state index in [0.29, 0.717) is 11.5 Å². The lowest BCUT2D eigenvalue weighted by Gasteiger charge is -2.33. The predicted molar refractivity (Wildman–Crippen MR) is 96.5 cm³/mol. The monoisotopic (exact) mass is 385 g/mol. The van der Waals surface area contributed by atoms with Gasteiger partial charge in [-0.15, -0.1) is 0 Å². The summed E-state index contributed by atoms with van der Waals surface area (Å²) in [5.74, 6) is -1.04. The van der Waals surface area contributed by atoms with Crippen molar-refractivity contribution in [2.75, 3.05) is 14.2 Å². The van der Waals surface area contributed by atoms with Crippen LogP contribution in [0.15, 0.2) is 48.5 Å². The Morgan fingerprint density at radius 3 is 2.32 bits per heavy atom. The first-order valence-corrected chi connectivity index (χ1v) is 8.42. The number of rotatable bonds is 6. The fourth-order valence-electron chi connectivity index (χ4n) is 3.07. The van der Waals surface area contributed by atoms with Crippen LogP contribution in [-0.4, -0.2) is 37.2 Å². The second-order valence-electron chi connectivity index (χ2n) is 6.03. The molecule has 0 spiro atoms. The average molecular weight is 385 g/mol. The van der Waals surface area contributed by atoms with Crippen LogP contribution in [0.25, 0.3) is 0 Å². The second kappa shape index (κ2) is 7.59. The van der Waals surface area contributed by atoms with E-state index in [1.807, 2.05) is 6.07 Å². The molecule has 0 N–H and O–H groups in total. The van der Waals surface area contributed by atoms with Gasteiger partial charge in [0.25, 0.3) is 0 Å². The van der Waals surface area contributed by atoms with Crippen molar-refractivity contribution in [3.05, 3.63) is 59.7 Å². The van der Waals surface area contributed by atoms with Gasteiger partial charge in [0.15, 0.2) is 11.5 Å². The summed E-state index contributed by atoms with van der Waals surface area (Å²) in [5.41, 5.74) is -1.14. The molecule has 1 amide bonds. The van der Waals surface area contributed by atoms with E-state index in [9.17, 15) is 14.4 Å². The number of methoxy groups -OCH3 is 2. The summed E-state index contributed by atoms with van der Waals surface area (Å²) < 4.78 is 20.8. The minimum Gasteiger partial charge on any atom is -0.493 e. The molecule has 1 heterocycles. The molecule has 0 aromatic heterocycles. The smallest absolute Gasteiger partial charge is 0.421 e. The summed E-state index contributed by atoms with van der Waals surface area (Å²) in [5, 5.41) is 0. The molecule has 1 atom stereocenters. The van der Waals surface area contributed by atoms with Gasteiger partial charge < -0.3 is 18.9 Å².